The molecule has 7 heteroatoms. The zero-order valence-corrected chi connectivity index (χ0v) is 12.8. The van der Waals surface area contributed by atoms with Crippen LogP contribution in [0.5, 0.6) is 0 Å². The topological polar surface area (TPSA) is 72.2 Å². The van der Waals surface area contributed by atoms with Crippen molar-refractivity contribution in [2.75, 3.05) is 23.9 Å². The van der Waals surface area contributed by atoms with Gasteiger partial charge in [0.2, 0.25) is 0 Å². The van der Waals surface area contributed by atoms with Gasteiger partial charge in [-0.1, -0.05) is 42.5 Å². The van der Waals surface area contributed by atoms with Gasteiger partial charge in [0.05, 0.1) is 22.8 Å². The van der Waals surface area contributed by atoms with Gasteiger partial charge in [0.1, 0.15) is 5.82 Å². The number of rotatable bonds is 6. The van der Waals surface area contributed by atoms with E-state index in [9.17, 15) is 0 Å². The second kappa shape index (κ2) is 7.88. The second-order valence-electron chi connectivity index (χ2n) is 4.85. The molecule has 1 saturated carbocycles. The Morgan fingerprint density at radius 3 is 2.60 bits per heavy atom. The maximum atomic E-state index is 6.07. The van der Waals surface area contributed by atoms with Crippen LogP contribution in [0.1, 0.15) is 32.1 Å². The molecule has 0 aliphatic heterocycles. The number of anilines is 2. The van der Waals surface area contributed by atoms with Crippen LogP contribution in [0.3, 0.4) is 0 Å². The largest absolute Gasteiger partial charge is 0.376 e. The van der Waals surface area contributed by atoms with Gasteiger partial charge in [0.25, 0.3) is 0 Å². The highest BCUT2D eigenvalue weighted by atomic mass is 35.5. The van der Waals surface area contributed by atoms with Crippen molar-refractivity contribution in [1.29, 1.82) is 0 Å². The fourth-order valence-corrected chi connectivity index (χ4v) is 2.80. The van der Waals surface area contributed by atoms with Crippen LogP contribution in [-0.4, -0.2) is 24.2 Å². The first kappa shape index (κ1) is 15.6. The summed E-state index contributed by atoms with van der Waals surface area (Å²) in [6, 6.07) is 1.61. The first-order valence-electron chi connectivity index (χ1n) is 6.89. The van der Waals surface area contributed by atoms with Gasteiger partial charge in [-0.05, 0) is 18.9 Å². The van der Waals surface area contributed by atoms with Crippen molar-refractivity contribution in [1.82, 2.24) is 4.98 Å². The van der Waals surface area contributed by atoms with Crippen molar-refractivity contribution in [3.05, 3.63) is 16.1 Å². The van der Waals surface area contributed by atoms with Gasteiger partial charge in [0, 0.05) is 6.54 Å². The number of nitrogens with zero attached hydrogens (tertiary/aromatic N) is 1. The summed E-state index contributed by atoms with van der Waals surface area (Å²) in [6.07, 6.45) is 6.61. The number of nitrogen functional groups attached to an aromatic ring is 1. The Morgan fingerprint density at radius 1 is 1.20 bits per heavy atom. The number of nitrogens with one attached hydrogen (secondary N) is 2. The standard InChI is InChI=1S/C13H20Cl2N4O/c14-10-8-11(15)13(19-16)18-12(10)17-6-7-20-9-4-2-1-3-5-9/h8-9H,1-7,16H2,(H2,17,18,19). The molecule has 1 heterocycles. The van der Waals surface area contributed by atoms with Gasteiger partial charge in [-0.3, -0.25) is 0 Å². The molecule has 1 aliphatic carbocycles. The predicted octanol–water partition coefficient (Wildman–Crippen LogP) is 3.44. The average molecular weight is 319 g/mol. The van der Waals surface area contributed by atoms with Gasteiger partial charge >= 0.3 is 0 Å². The third-order valence-corrected chi connectivity index (χ3v) is 3.94. The summed E-state index contributed by atoms with van der Waals surface area (Å²) in [4.78, 5) is 4.21. The lowest BCUT2D eigenvalue weighted by Crippen LogP contribution is -2.21. The molecule has 1 aliphatic rings. The Balaban J connectivity index is 1.78. The molecular weight excluding hydrogens is 299 g/mol. The lowest BCUT2D eigenvalue weighted by atomic mass is 9.98. The average Bonchev–Trinajstić information content (AvgIpc) is 2.46. The number of aromatic nitrogens is 1. The first-order valence-corrected chi connectivity index (χ1v) is 7.64. The van der Waals surface area contributed by atoms with E-state index >= 15 is 0 Å². The van der Waals surface area contributed by atoms with Crippen LogP contribution in [0.2, 0.25) is 10.0 Å². The molecule has 20 heavy (non-hydrogen) atoms. The fourth-order valence-electron chi connectivity index (χ4n) is 2.32. The van der Waals surface area contributed by atoms with Crippen LogP contribution < -0.4 is 16.6 Å². The Hall–Kier alpha value is -0.750. The molecule has 0 atom stereocenters. The molecule has 0 bridgehead atoms. The molecule has 1 fully saturated rings. The molecule has 1 aromatic heterocycles. The number of halogens is 2. The quantitative estimate of drug-likeness (QED) is 0.426. The Kier molecular flexibility index (Phi) is 6.16. The summed E-state index contributed by atoms with van der Waals surface area (Å²) in [7, 11) is 0. The van der Waals surface area contributed by atoms with Crippen molar-refractivity contribution in [2.45, 2.75) is 38.2 Å². The van der Waals surface area contributed by atoms with Crippen molar-refractivity contribution in [3.63, 3.8) is 0 Å². The smallest absolute Gasteiger partial charge is 0.161 e. The monoisotopic (exact) mass is 318 g/mol. The van der Waals surface area contributed by atoms with E-state index in [1.165, 1.54) is 32.1 Å². The van der Waals surface area contributed by atoms with E-state index in [0.717, 1.165) is 0 Å². The van der Waals surface area contributed by atoms with Gasteiger partial charge in [0.15, 0.2) is 5.82 Å². The normalized spacial score (nSPS) is 16.1. The summed E-state index contributed by atoms with van der Waals surface area (Å²) >= 11 is 12.0. The third-order valence-electron chi connectivity index (χ3n) is 3.37. The minimum atomic E-state index is 0.390. The molecule has 0 spiro atoms. The molecule has 0 saturated heterocycles. The van der Waals surface area contributed by atoms with E-state index in [4.69, 9.17) is 33.8 Å². The fraction of sp³-hybridized carbons (Fsp3) is 0.615. The zero-order chi connectivity index (χ0) is 14.4. The summed E-state index contributed by atoms with van der Waals surface area (Å²) < 4.78 is 5.83. The molecule has 0 aromatic carbocycles. The minimum absolute atomic E-state index is 0.390. The molecule has 5 nitrogen and oxygen atoms in total. The highest BCUT2D eigenvalue weighted by Crippen LogP contribution is 2.28. The van der Waals surface area contributed by atoms with Crippen LogP contribution in [0.25, 0.3) is 0 Å². The van der Waals surface area contributed by atoms with Crippen molar-refractivity contribution in [2.24, 2.45) is 5.84 Å². The lowest BCUT2D eigenvalue weighted by molar-refractivity contribution is 0.0347. The number of ether oxygens (including phenoxy) is 1. The summed E-state index contributed by atoms with van der Waals surface area (Å²) in [6.45, 7) is 1.28. The Labute approximate surface area is 129 Å². The highest BCUT2D eigenvalue weighted by Gasteiger charge is 2.13. The maximum absolute atomic E-state index is 6.07. The molecular formula is C13H20Cl2N4O. The second-order valence-corrected chi connectivity index (χ2v) is 5.67. The van der Waals surface area contributed by atoms with Gasteiger partial charge in [-0.15, -0.1) is 0 Å². The van der Waals surface area contributed by atoms with E-state index in [1.807, 2.05) is 0 Å². The van der Waals surface area contributed by atoms with Crippen LogP contribution in [-0.2, 0) is 4.74 Å². The van der Waals surface area contributed by atoms with Crippen LogP contribution >= 0.6 is 23.2 Å². The number of hydrogen-bond acceptors (Lipinski definition) is 5. The summed E-state index contributed by atoms with van der Waals surface area (Å²) in [5, 5.41) is 3.99. The van der Waals surface area contributed by atoms with E-state index in [1.54, 1.807) is 6.07 Å². The third kappa shape index (κ3) is 4.38. The summed E-state index contributed by atoms with van der Waals surface area (Å²) in [5.74, 6) is 6.28. The van der Waals surface area contributed by atoms with E-state index in [-0.39, 0.29) is 0 Å². The van der Waals surface area contributed by atoms with E-state index in [0.29, 0.717) is 40.9 Å². The van der Waals surface area contributed by atoms with E-state index in [2.05, 4.69) is 15.7 Å². The van der Waals surface area contributed by atoms with Crippen molar-refractivity contribution < 1.29 is 4.74 Å². The van der Waals surface area contributed by atoms with Crippen LogP contribution in [0.15, 0.2) is 6.07 Å². The van der Waals surface area contributed by atoms with Crippen LogP contribution in [0.4, 0.5) is 11.6 Å². The Morgan fingerprint density at radius 2 is 1.90 bits per heavy atom. The zero-order valence-electron chi connectivity index (χ0n) is 11.3. The first-order chi connectivity index (χ1) is 9.70. The maximum Gasteiger partial charge on any atom is 0.161 e. The van der Waals surface area contributed by atoms with Gasteiger partial charge in [-0.25, -0.2) is 10.8 Å². The molecule has 0 amide bonds. The number of pyridine rings is 1. The molecule has 4 N–H and O–H groups in total. The van der Waals surface area contributed by atoms with Gasteiger partial charge in [-0.2, -0.15) is 0 Å². The molecule has 0 radical (unpaired) electrons. The molecule has 1 aromatic rings. The number of hydrogen-bond donors (Lipinski definition) is 3. The molecule has 112 valence electrons. The predicted molar refractivity (Wildman–Crippen MR) is 83.4 cm³/mol. The van der Waals surface area contributed by atoms with E-state index < -0.39 is 0 Å². The molecule has 2 rings (SSSR count). The van der Waals surface area contributed by atoms with Crippen molar-refractivity contribution in [3.8, 4) is 0 Å². The van der Waals surface area contributed by atoms with Crippen molar-refractivity contribution >= 4 is 34.8 Å². The Bertz CT molecular complexity index is 439. The van der Waals surface area contributed by atoms with Crippen LogP contribution in [0, 0.1) is 0 Å². The molecule has 0 unspecified atom stereocenters. The SMILES string of the molecule is NNc1nc(NCCOC2CCCCC2)c(Cl)cc1Cl. The number of hydrazine groups is 1. The number of nitrogens with two attached hydrogens (primary N) is 1. The van der Waals surface area contributed by atoms with Gasteiger partial charge < -0.3 is 15.5 Å². The summed E-state index contributed by atoms with van der Waals surface area (Å²) in [5.41, 5.74) is 2.43. The highest BCUT2D eigenvalue weighted by molar-refractivity contribution is 6.37. The minimum Gasteiger partial charge on any atom is -0.376 e. The lowest BCUT2D eigenvalue weighted by Gasteiger charge is -2.22.